The monoisotopic (exact) mass is 445 g/mol. The number of fused-ring (bicyclic) bond motifs is 1. The van der Waals surface area contributed by atoms with E-state index in [9.17, 15) is 29.1 Å². The summed E-state index contributed by atoms with van der Waals surface area (Å²) >= 11 is 1.16. The number of nitrogens with two attached hydrogens (primary N) is 1. The third kappa shape index (κ3) is 4.57. The number of carbonyl (C=O) groups is 5. The molecule has 0 aromatic heterocycles. The van der Waals surface area contributed by atoms with Gasteiger partial charge in [-0.2, -0.15) is 0 Å². The van der Waals surface area contributed by atoms with Crippen LogP contribution >= 0.6 is 11.8 Å². The fourth-order valence-corrected chi connectivity index (χ4v) is 4.54. The highest BCUT2D eigenvalue weighted by Crippen LogP contribution is 2.46. The van der Waals surface area contributed by atoms with Crippen molar-refractivity contribution < 1.29 is 43.7 Å². The lowest BCUT2D eigenvalue weighted by Crippen LogP contribution is -2.80. The first kappa shape index (κ1) is 23.6. The second-order valence-electron chi connectivity index (χ2n) is 6.70. The van der Waals surface area contributed by atoms with Gasteiger partial charge in [-0.25, -0.2) is 4.79 Å². The van der Waals surface area contributed by atoms with E-state index >= 15 is 0 Å². The molecule has 2 heterocycles. The second kappa shape index (κ2) is 9.45. The first-order valence-electron chi connectivity index (χ1n) is 8.93. The van der Waals surface area contributed by atoms with Gasteiger partial charge in [0, 0.05) is 31.8 Å². The molecule has 166 valence electrons. The highest BCUT2D eigenvalue weighted by Gasteiger charge is 2.66. The smallest absolute Gasteiger partial charge is 0.352 e. The number of esters is 1. The molecule has 3 atom stereocenters. The summed E-state index contributed by atoms with van der Waals surface area (Å²) < 4.78 is 10.2. The number of β-lactam (4-membered cyclic amide) rings is 1. The van der Waals surface area contributed by atoms with Crippen LogP contribution in [0.5, 0.6) is 0 Å². The summed E-state index contributed by atoms with van der Waals surface area (Å²) in [6, 6.07) is -1.09. The topological polar surface area (TPSA) is 186 Å². The van der Waals surface area contributed by atoms with Gasteiger partial charge in [-0.1, -0.05) is 0 Å². The quantitative estimate of drug-likeness (QED) is 0.181. The third-order valence-corrected chi connectivity index (χ3v) is 6.02. The first-order valence-corrected chi connectivity index (χ1v) is 9.98. The van der Waals surface area contributed by atoms with Crippen LogP contribution in [-0.4, -0.2) is 81.4 Å². The molecule has 30 heavy (non-hydrogen) atoms. The minimum Gasteiger partial charge on any atom is -0.480 e. The minimum absolute atomic E-state index is 0.0758. The molecule has 1 fully saturated rings. The van der Waals surface area contributed by atoms with Crippen LogP contribution in [0.1, 0.15) is 26.2 Å². The van der Waals surface area contributed by atoms with Crippen molar-refractivity contribution in [1.82, 2.24) is 10.2 Å². The summed E-state index contributed by atoms with van der Waals surface area (Å²) in [6.07, 6.45) is 0.171. The number of nitrogens with zero attached hydrogens (tertiary/aromatic N) is 1. The molecule has 0 saturated carbocycles. The number of thioether (sulfide) groups is 1. The van der Waals surface area contributed by atoms with Gasteiger partial charge < -0.3 is 30.7 Å². The Morgan fingerprint density at radius 3 is 2.57 bits per heavy atom. The molecule has 12 nitrogen and oxygen atoms in total. The minimum atomic E-state index is -1.75. The lowest BCUT2D eigenvalue weighted by Gasteiger charge is -2.55. The van der Waals surface area contributed by atoms with E-state index in [1.807, 2.05) is 0 Å². The van der Waals surface area contributed by atoms with Crippen molar-refractivity contribution in [1.29, 1.82) is 0 Å². The summed E-state index contributed by atoms with van der Waals surface area (Å²) in [6.45, 7) is 0.917. The molecule has 2 aliphatic heterocycles. The zero-order valence-corrected chi connectivity index (χ0v) is 17.2. The molecule has 1 unspecified atom stereocenters. The van der Waals surface area contributed by atoms with Gasteiger partial charge in [-0.15, -0.1) is 11.8 Å². The van der Waals surface area contributed by atoms with Gasteiger partial charge >= 0.3 is 17.9 Å². The number of hydrogen-bond donors (Lipinski definition) is 4. The van der Waals surface area contributed by atoms with Gasteiger partial charge in [0.05, 0.1) is 0 Å². The average molecular weight is 445 g/mol. The SMILES string of the molecule is CO[C@]1(NC(=O)CCCC(N)C(=O)O)C(=O)N2C(C(=O)O)=C(COC(C)=O)CS[C@@H]21. The molecule has 0 aromatic carbocycles. The van der Waals surface area contributed by atoms with E-state index in [0.29, 0.717) is 0 Å². The van der Waals surface area contributed by atoms with E-state index in [1.54, 1.807) is 0 Å². The number of carboxylic acid groups (broad SMARTS) is 2. The Balaban J connectivity index is 2.11. The summed E-state index contributed by atoms with van der Waals surface area (Å²) in [7, 11) is 1.22. The summed E-state index contributed by atoms with van der Waals surface area (Å²) in [5.41, 5.74) is 3.59. The van der Waals surface area contributed by atoms with Crippen molar-refractivity contribution in [3.8, 4) is 0 Å². The normalized spacial score (nSPS) is 23.9. The number of nitrogens with one attached hydrogen (secondary N) is 1. The predicted molar refractivity (Wildman–Crippen MR) is 102 cm³/mol. The van der Waals surface area contributed by atoms with Crippen LogP contribution in [0.3, 0.4) is 0 Å². The summed E-state index contributed by atoms with van der Waals surface area (Å²) in [5.74, 6) is -4.31. The van der Waals surface area contributed by atoms with Crippen molar-refractivity contribution in [2.75, 3.05) is 19.5 Å². The molecule has 0 aliphatic carbocycles. The van der Waals surface area contributed by atoms with Crippen LogP contribution in [-0.2, 0) is 33.4 Å². The zero-order chi connectivity index (χ0) is 22.6. The number of ether oxygens (including phenoxy) is 2. The standard InChI is InChI=1S/C17H23N3O9S/c1-8(21)29-6-9-7-30-16-17(28-2,15(27)20(16)12(9)14(25)26)19-11(22)5-3-4-10(18)13(23)24/h10,16H,3-7,18H2,1-2H3,(H,19,22)(H,23,24)(H,25,26)/t10?,16-,17-/m1/s1. The van der Waals surface area contributed by atoms with E-state index in [4.69, 9.17) is 20.3 Å². The Bertz CT molecular complexity index is 799. The molecule has 2 amide bonds. The van der Waals surface area contributed by atoms with Crippen LogP contribution in [0.2, 0.25) is 0 Å². The van der Waals surface area contributed by atoms with Crippen LogP contribution in [0.15, 0.2) is 11.3 Å². The first-order chi connectivity index (χ1) is 14.0. The van der Waals surface area contributed by atoms with E-state index in [2.05, 4.69) is 5.32 Å². The van der Waals surface area contributed by atoms with Crippen molar-refractivity contribution >= 4 is 41.5 Å². The number of amides is 2. The fraction of sp³-hybridized carbons (Fsp3) is 0.588. The maximum absolute atomic E-state index is 12.8. The number of carbonyl (C=O) groups excluding carboxylic acids is 3. The van der Waals surface area contributed by atoms with Crippen LogP contribution in [0, 0.1) is 0 Å². The number of hydrogen-bond acceptors (Lipinski definition) is 9. The largest absolute Gasteiger partial charge is 0.480 e. The predicted octanol–water partition coefficient (Wildman–Crippen LogP) is -1.16. The Morgan fingerprint density at radius 2 is 2.03 bits per heavy atom. The lowest BCUT2D eigenvalue weighted by molar-refractivity contribution is -0.192. The Labute approximate surface area is 175 Å². The summed E-state index contributed by atoms with van der Waals surface area (Å²) in [4.78, 5) is 59.6. The molecule has 0 spiro atoms. The third-order valence-electron chi connectivity index (χ3n) is 4.65. The molecular formula is C17H23N3O9S. The van der Waals surface area contributed by atoms with Crippen molar-refractivity contribution in [3.05, 3.63) is 11.3 Å². The fourth-order valence-electron chi connectivity index (χ4n) is 3.12. The number of aliphatic carboxylic acids is 2. The van der Waals surface area contributed by atoms with Gasteiger partial charge in [-0.05, 0) is 12.8 Å². The molecule has 0 bridgehead atoms. The average Bonchev–Trinajstić information content (AvgIpc) is 2.68. The van der Waals surface area contributed by atoms with E-state index < -0.39 is 46.9 Å². The van der Waals surface area contributed by atoms with Crippen molar-refractivity contribution in [2.24, 2.45) is 5.73 Å². The Hall–Kier alpha value is -2.64. The molecule has 2 rings (SSSR count). The maximum Gasteiger partial charge on any atom is 0.352 e. The maximum atomic E-state index is 12.8. The van der Waals surface area contributed by atoms with Gasteiger partial charge in [-0.3, -0.25) is 24.1 Å². The van der Waals surface area contributed by atoms with Crippen LogP contribution < -0.4 is 11.1 Å². The highest BCUT2D eigenvalue weighted by molar-refractivity contribution is 8.00. The zero-order valence-electron chi connectivity index (χ0n) is 16.4. The number of methoxy groups -OCH3 is 1. The van der Waals surface area contributed by atoms with Crippen molar-refractivity contribution in [2.45, 2.75) is 43.3 Å². The van der Waals surface area contributed by atoms with Gasteiger partial charge in [0.25, 0.3) is 11.6 Å². The lowest BCUT2D eigenvalue weighted by atomic mass is 9.97. The van der Waals surface area contributed by atoms with E-state index in [1.165, 1.54) is 14.0 Å². The Morgan fingerprint density at radius 1 is 1.37 bits per heavy atom. The van der Waals surface area contributed by atoms with E-state index in [0.717, 1.165) is 16.7 Å². The molecule has 13 heteroatoms. The molecule has 5 N–H and O–H groups in total. The summed E-state index contributed by atoms with van der Waals surface area (Å²) in [5, 5.41) is 20.0. The van der Waals surface area contributed by atoms with Crippen LogP contribution in [0.4, 0.5) is 0 Å². The van der Waals surface area contributed by atoms with Gasteiger partial charge in [0.1, 0.15) is 23.7 Å². The van der Waals surface area contributed by atoms with Crippen LogP contribution in [0.25, 0.3) is 0 Å². The number of carboxylic acids is 2. The highest BCUT2D eigenvalue weighted by atomic mass is 32.2. The number of rotatable bonds is 10. The molecule has 0 radical (unpaired) electrons. The molecular weight excluding hydrogens is 422 g/mol. The molecule has 0 aromatic rings. The van der Waals surface area contributed by atoms with Gasteiger partial charge in [0.2, 0.25) is 5.91 Å². The van der Waals surface area contributed by atoms with Crippen molar-refractivity contribution in [3.63, 3.8) is 0 Å². The van der Waals surface area contributed by atoms with E-state index in [-0.39, 0.29) is 42.9 Å². The molecule has 1 saturated heterocycles. The second-order valence-corrected chi connectivity index (χ2v) is 7.77. The van der Waals surface area contributed by atoms with Gasteiger partial charge in [0.15, 0.2) is 0 Å². The molecule has 2 aliphatic rings. The Kier molecular flexibility index (Phi) is 7.44.